The van der Waals surface area contributed by atoms with E-state index in [1.54, 1.807) is 10.6 Å². The van der Waals surface area contributed by atoms with Gasteiger partial charge in [-0.15, -0.1) is 16.4 Å². The molecule has 0 saturated heterocycles. The summed E-state index contributed by atoms with van der Waals surface area (Å²) in [5.41, 5.74) is 5.38. The van der Waals surface area contributed by atoms with Gasteiger partial charge >= 0.3 is 0 Å². The number of hydrogen-bond acceptors (Lipinski definition) is 4. The van der Waals surface area contributed by atoms with Gasteiger partial charge in [0, 0.05) is 17.0 Å². The first-order valence-electron chi connectivity index (χ1n) is 8.55. The normalized spacial score (nSPS) is 11.3. The van der Waals surface area contributed by atoms with Gasteiger partial charge in [0.25, 0.3) is 11.9 Å². The van der Waals surface area contributed by atoms with Crippen LogP contribution in [0.4, 0.5) is 5.95 Å². The highest BCUT2D eigenvalue weighted by Crippen LogP contribution is 2.26. The van der Waals surface area contributed by atoms with Crippen molar-refractivity contribution < 1.29 is 4.79 Å². The van der Waals surface area contributed by atoms with Gasteiger partial charge in [-0.05, 0) is 25.5 Å². The molecule has 0 saturated carbocycles. The van der Waals surface area contributed by atoms with Crippen LogP contribution in [0.5, 0.6) is 0 Å². The summed E-state index contributed by atoms with van der Waals surface area (Å²) in [5.74, 6) is 0.0412. The third-order valence-electron chi connectivity index (χ3n) is 4.17. The number of nitrogens with zero attached hydrogens (tertiary/aromatic N) is 3. The quantitative estimate of drug-likeness (QED) is 0.526. The number of aromatic nitrogens is 3. The Kier molecular flexibility index (Phi) is 4.56. The Balaban J connectivity index is 1.52. The molecule has 0 spiro atoms. The summed E-state index contributed by atoms with van der Waals surface area (Å²) in [7, 11) is 0. The number of carbonyl (C=O) groups is 1. The van der Waals surface area contributed by atoms with E-state index in [1.807, 2.05) is 36.6 Å². The van der Waals surface area contributed by atoms with Gasteiger partial charge in [0.1, 0.15) is 0 Å². The average molecular weight is 374 g/mol. The number of aryl methyl sites for hydroxylation is 2. The van der Waals surface area contributed by atoms with E-state index in [2.05, 4.69) is 46.6 Å². The molecule has 27 heavy (non-hydrogen) atoms. The average Bonchev–Trinajstić information content (AvgIpc) is 3.22. The van der Waals surface area contributed by atoms with Crippen molar-refractivity contribution in [2.45, 2.75) is 13.8 Å². The lowest BCUT2D eigenvalue weighted by molar-refractivity contribution is -0.111. The first-order valence-corrected chi connectivity index (χ1v) is 9.43. The summed E-state index contributed by atoms with van der Waals surface area (Å²) in [6.07, 6.45) is 3.26. The van der Waals surface area contributed by atoms with Crippen molar-refractivity contribution in [1.82, 2.24) is 14.6 Å². The Morgan fingerprint density at radius 3 is 2.41 bits per heavy atom. The Hall–Kier alpha value is -3.25. The van der Waals surface area contributed by atoms with Crippen LogP contribution in [-0.4, -0.2) is 20.5 Å². The predicted octanol–water partition coefficient (Wildman–Crippen LogP) is 4.73. The van der Waals surface area contributed by atoms with Crippen molar-refractivity contribution in [2.75, 3.05) is 5.32 Å². The Labute approximate surface area is 161 Å². The van der Waals surface area contributed by atoms with Crippen molar-refractivity contribution >= 4 is 34.2 Å². The first-order chi connectivity index (χ1) is 13.1. The molecular formula is C21H18N4OS. The van der Waals surface area contributed by atoms with Crippen LogP contribution in [0.2, 0.25) is 0 Å². The van der Waals surface area contributed by atoms with E-state index >= 15 is 0 Å². The van der Waals surface area contributed by atoms with Gasteiger partial charge < -0.3 is 0 Å². The minimum absolute atomic E-state index is 0.259. The molecule has 0 fully saturated rings. The van der Waals surface area contributed by atoms with Crippen LogP contribution in [-0.2, 0) is 4.79 Å². The first kappa shape index (κ1) is 17.2. The molecule has 4 aromatic rings. The fourth-order valence-corrected chi connectivity index (χ4v) is 3.49. The molecule has 0 atom stereocenters. The minimum Gasteiger partial charge on any atom is -0.290 e. The molecule has 0 aliphatic heterocycles. The zero-order valence-electron chi connectivity index (χ0n) is 15.0. The van der Waals surface area contributed by atoms with Crippen molar-refractivity contribution in [3.63, 3.8) is 0 Å². The van der Waals surface area contributed by atoms with Crippen LogP contribution < -0.4 is 5.32 Å². The third kappa shape index (κ3) is 3.80. The van der Waals surface area contributed by atoms with E-state index in [-0.39, 0.29) is 5.91 Å². The van der Waals surface area contributed by atoms with Crippen LogP contribution in [0, 0.1) is 13.8 Å². The number of nitrogens with one attached hydrogen (secondary N) is 1. The van der Waals surface area contributed by atoms with Gasteiger partial charge in [0.2, 0.25) is 4.96 Å². The number of benzene rings is 2. The van der Waals surface area contributed by atoms with Crippen molar-refractivity contribution in [2.24, 2.45) is 0 Å². The summed E-state index contributed by atoms with van der Waals surface area (Å²) < 4.78 is 1.76. The number of amides is 1. The molecular weight excluding hydrogens is 356 g/mol. The largest absolute Gasteiger partial charge is 0.290 e. The van der Waals surface area contributed by atoms with E-state index in [9.17, 15) is 4.79 Å². The fourth-order valence-electron chi connectivity index (χ4n) is 2.66. The Bertz CT molecular complexity index is 1120. The number of hydrogen-bond donors (Lipinski definition) is 1. The summed E-state index contributed by atoms with van der Waals surface area (Å²) in [4.78, 5) is 17.3. The van der Waals surface area contributed by atoms with Crippen molar-refractivity contribution in [1.29, 1.82) is 0 Å². The fraction of sp³-hybridized carbons (Fsp3) is 0.0952. The van der Waals surface area contributed by atoms with Crippen LogP contribution in [0.1, 0.15) is 16.7 Å². The molecule has 0 radical (unpaired) electrons. The summed E-state index contributed by atoms with van der Waals surface area (Å²) in [5, 5.41) is 9.17. The molecule has 0 aliphatic carbocycles. The van der Waals surface area contributed by atoms with Crippen molar-refractivity contribution in [3.05, 3.63) is 76.7 Å². The molecule has 2 heterocycles. The van der Waals surface area contributed by atoms with E-state index in [0.29, 0.717) is 5.95 Å². The monoisotopic (exact) mass is 374 g/mol. The summed E-state index contributed by atoms with van der Waals surface area (Å²) in [6.45, 7) is 4.08. The van der Waals surface area contributed by atoms with Crippen LogP contribution in [0.3, 0.4) is 0 Å². The highest BCUT2D eigenvalue weighted by Gasteiger charge is 2.12. The molecule has 0 unspecified atom stereocenters. The minimum atomic E-state index is -0.259. The second-order valence-corrected chi connectivity index (χ2v) is 7.19. The lowest BCUT2D eigenvalue weighted by Gasteiger charge is -1.99. The van der Waals surface area contributed by atoms with Gasteiger partial charge in [-0.1, -0.05) is 59.7 Å². The van der Waals surface area contributed by atoms with E-state index in [1.165, 1.54) is 28.5 Å². The molecule has 5 nitrogen and oxygen atoms in total. The highest BCUT2D eigenvalue weighted by molar-refractivity contribution is 7.15. The van der Waals surface area contributed by atoms with Gasteiger partial charge in [-0.2, -0.15) is 4.98 Å². The SMILES string of the molecule is Cc1ccc(/C=C/C(=O)Nc2nc3scc(-c4ccc(C)cc4)n3n2)cc1. The number of fused-ring (bicyclic) bond motifs is 1. The molecule has 6 heteroatoms. The van der Waals surface area contributed by atoms with Gasteiger partial charge in [-0.3, -0.25) is 10.1 Å². The lowest BCUT2D eigenvalue weighted by atomic mass is 10.1. The summed E-state index contributed by atoms with van der Waals surface area (Å²) >= 11 is 1.49. The molecule has 1 N–H and O–H groups in total. The Morgan fingerprint density at radius 2 is 1.70 bits per heavy atom. The van der Waals surface area contributed by atoms with Gasteiger partial charge in [-0.25, -0.2) is 4.52 Å². The highest BCUT2D eigenvalue weighted by atomic mass is 32.1. The molecule has 1 amide bonds. The van der Waals surface area contributed by atoms with Crippen molar-refractivity contribution in [3.8, 4) is 11.3 Å². The molecule has 0 aliphatic rings. The summed E-state index contributed by atoms with van der Waals surface area (Å²) in [6, 6.07) is 16.2. The maximum Gasteiger partial charge on any atom is 0.250 e. The van der Waals surface area contributed by atoms with Crippen LogP contribution in [0.15, 0.2) is 60.0 Å². The molecule has 0 bridgehead atoms. The maximum atomic E-state index is 12.2. The second kappa shape index (κ2) is 7.17. The van der Waals surface area contributed by atoms with Gasteiger partial charge in [0.15, 0.2) is 0 Å². The number of rotatable bonds is 4. The molecule has 4 rings (SSSR count). The number of carbonyl (C=O) groups excluding carboxylic acids is 1. The van der Waals surface area contributed by atoms with Crippen LogP contribution in [0.25, 0.3) is 22.3 Å². The van der Waals surface area contributed by atoms with E-state index < -0.39 is 0 Å². The zero-order valence-corrected chi connectivity index (χ0v) is 15.8. The predicted molar refractivity (Wildman–Crippen MR) is 110 cm³/mol. The molecule has 134 valence electrons. The lowest BCUT2D eigenvalue weighted by Crippen LogP contribution is -2.09. The van der Waals surface area contributed by atoms with Crippen LogP contribution >= 0.6 is 11.3 Å². The Morgan fingerprint density at radius 1 is 1.04 bits per heavy atom. The smallest absolute Gasteiger partial charge is 0.250 e. The van der Waals surface area contributed by atoms with E-state index in [4.69, 9.17) is 0 Å². The number of thiazole rings is 1. The third-order valence-corrected chi connectivity index (χ3v) is 4.98. The standard InChI is InChI=1S/C21H18N4OS/c1-14-3-7-16(8-4-14)9-12-19(26)22-20-23-21-25(24-20)18(13-27-21)17-10-5-15(2)6-11-17/h3-13H,1-2H3,(H,22,24,26)/b12-9+. The van der Waals surface area contributed by atoms with Gasteiger partial charge in [0.05, 0.1) is 5.69 Å². The second-order valence-electron chi connectivity index (χ2n) is 6.35. The molecule has 2 aromatic heterocycles. The molecule has 2 aromatic carbocycles. The topological polar surface area (TPSA) is 59.3 Å². The number of anilines is 1. The van der Waals surface area contributed by atoms with E-state index in [0.717, 1.165) is 21.8 Å². The zero-order chi connectivity index (χ0) is 18.8. The maximum absolute atomic E-state index is 12.2.